The molecular formula is C47H56BrF4N5O2. The van der Waals surface area contributed by atoms with Crippen LogP contribution in [-0.2, 0) is 22.7 Å². The van der Waals surface area contributed by atoms with Crippen LogP contribution in [0.1, 0.15) is 87.8 Å². The van der Waals surface area contributed by atoms with E-state index in [9.17, 15) is 22.8 Å². The van der Waals surface area contributed by atoms with Gasteiger partial charge >= 0.3 is 0 Å². The molecule has 0 heterocycles. The van der Waals surface area contributed by atoms with E-state index in [-0.39, 0.29) is 46.6 Å². The molecule has 0 saturated carbocycles. The summed E-state index contributed by atoms with van der Waals surface area (Å²) in [7, 11) is 0. The van der Waals surface area contributed by atoms with Crippen LogP contribution in [0.15, 0.2) is 65.1 Å². The van der Waals surface area contributed by atoms with Crippen LogP contribution in [0, 0.1) is 85.5 Å². The van der Waals surface area contributed by atoms with E-state index in [1.54, 1.807) is 55.1 Å². The monoisotopic (exact) mass is 877 g/mol. The molecular weight excluding hydrogens is 822 g/mol. The SMILES string of the molecule is C#CCN(Cc1ccc(F)cc1)c1cc(C)c(NC(=O)CC(C)(C)C)c(C)c1F.Cc1cc(Br)c(F)c(C)c1NC(=O)CC(C)(C)C.N#CCNCc1ccc(F)cc1. The van der Waals surface area contributed by atoms with Crippen LogP contribution in [0.25, 0.3) is 0 Å². The minimum absolute atomic E-state index is 0.0835. The first-order valence-corrected chi connectivity index (χ1v) is 19.8. The summed E-state index contributed by atoms with van der Waals surface area (Å²) < 4.78 is 55.0. The fraction of sp³-hybridized carbons (Fsp3) is 0.383. The Labute approximate surface area is 356 Å². The third-order valence-corrected chi connectivity index (χ3v) is 9.17. The number of rotatable bonds is 11. The first kappa shape index (κ1) is 50.0. The van der Waals surface area contributed by atoms with Gasteiger partial charge in [0.05, 0.1) is 29.3 Å². The van der Waals surface area contributed by atoms with Gasteiger partial charge < -0.3 is 20.9 Å². The van der Waals surface area contributed by atoms with Gasteiger partial charge in [-0.2, -0.15) is 5.26 Å². The van der Waals surface area contributed by atoms with Gasteiger partial charge in [0.15, 0.2) is 5.82 Å². The lowest BCUT2D eigenvalue weighted by Gasteiger charge is -2.26. The zero-order valence-corrected chi connectivity index (χ0v) is 37.3. The van der Waals surface area contributed by atoms with Crippen LogP contribution in [0.3, 0.4) is 0 Å². The number of hydrogen-bond donors (Lipinski definition) is 3. The maximum absolute atomic E-state index is 15.2. The highest BCUT2D eigenvalue weighted by molar-refractivity contribution is 9.10. The quantitative estimate of drug-likeness (QED) is 0.0603. The number of terminal acetylenes is 1. The van der Waals surface area contributed by atoms with E-state index < -0.39 is 5.82 Å². The standard InChI is InChI=1S/C24H28F2N2O.C14H19BrFNO.C9H9FN2/c1-7-12-28(15-18-8-10-19(25)11-9-18)20-13-16(2)23(17(3)22(20)26)27-21(29)14-24(4,5)6;1-8-6-10(15)12(16)9(2)13(8)17-11(18)7-14(3,4)5;10-9-3-1-8(2-4-9)7-12-6-5-11/h1,8-11,13H,12,14-15H2,2-6H3,(H,27,29);6H,7H2,1-5H3,(H,17,18);1-4,12H,6-7H2. The highest BCUT2D eigenvalue weighted by atomic mass is 79.9. The number of anilines is 3. The largest absolute Gasteiger partial charge is 0.354 e. The Morgan fingerprint density at radius 3 is 1.61 bits per heavy atom. The van der Waals surface area contributed by atoms with E-state index in [1.807, 2.05) is 61.5 Å². The van der Waals surface area contributed by atoms with Gasteiger partial charge in [-0.15, -0.1) is 6.42 Å². The molecule has 0 bridgehead atoms. The molecule has 4 aromatic rings. The fourth-order valence-corrected chi connectivity index (χ4v) is 6.45. The molecule has 59 heavy (non-hydrogen) atoms. The molecule has 0 spiro atoms. The van der Waals surface area contributed by atoms with Gasteiger partial charge in [-0.3, -0.25) is 9.59 Å². The minimum atomic E-state index is -0.431. The Bertz CT molecular complexity index is 2130. The molecule has 0 aliphatic heterocycles. The fourth-order valence-electron chi connectivity index (χ4n) is 5.81. The summed E-state index contributed by atoms with van der Waals surface area (Å²) in [5, 5.41) is 16.8. The predicted molar refractivity (Wildman–Crippen MR) is 235 cm³/mol. The van der Waals surface area contributed by atoms with Crippen molar-refractivity contribution in [1.82, 2.24) is 5.32 Å². The zero-order valence-electron chi connectivity index (χ0n) is 35.7. The molecule has 0 saturated heterocycles. The Hall–Kier alpha value is -5.17. The van der Waals surface area contributed by atoms with Gasteiger partial charge in [0.1, 0.15) is 17.5 Å². The van der Waals surface area contributed by atoms with E-state index in [0.29, 0.717) is 65.1 Å². The number of nitrogens with zero attached hydrogens (tertiary/aromatic N) is 2. The number of halogens is 5. The van der Waals surface area contributed by atoms with Crippen molar-refractivity contribution >= 4 is 44.8 Å². The average Bonchev–Trinajstić information content (AvgIpc) is 3.13. The van der Waals surface area contributed by atoms with E-state index in [1.165, 1.54) is 24.3 Å². The lowest BCUT2D eigenvalue weighted by atomic mass is 9.92. The van der Waals surface area contributed by atoms with E-state index in [0.717, 1.165) is 22.3 Å². The second-order valence-electron chi connectivity index (χ2n) is 16.7. The smallest absolute Gasteiger partial charge is 0.224 e. The summed E-state index contributed by atoms with van der Waals surface area (Å²) in [5.74, 6) is 0.990. The van der Waals surface area contributed by atoms with Crippen molar-refractivity contribution < 1.29 is 27.2 Å². The molecule has 0 aliphatic carbocycles. The minimum Gasteiger partial charge on any atom is -0.354 e. The summed E-state index contributed by atoms with van der Waals surface area (Å²) in [4.78, 5) is 25.9. The van der Waals surface area contributed by atoms with Crippen molar-refractivity contribution in [1.29, 1.82) is 5.26 Å². The molecule has 316 valence electrons. The summed E-state index contributed by atoms with van der Waals surface area (Å²) >= 11 is 3.16. The van der Waals surface area contributed by atoms with Crippen LogP contribution in [-0.4, -0.2) is 24.9 Å². The number of hydrogen-bond acceptors (Lipinski definition) is 5. The second-order valence-corrected chi connectivity index (χ2v) is 17.5. The van der Waals surface area contributed by atoms with E-state index >= 15 is 4.39 Å². The highest BCUT2D eigenvalue weighted by Gasteiger charge is 2.22. The maximum atomic E-state index is 15.2. The second kappa shape index (κ2) is 22.8. The Balaban J connectivity index is 0.000000339. The van der Waals surface area contributed by atoms with Crippen molar-refractivity contribution in [3.05, 3.63) is 122 Å². The Kier molecular flexibility index (Phi) is 19.3. The van der Waals surface area contributed by atoms with Gasteiger partial charge in [0.25, 0.3) is 0 Å². The van der Waals surface area contributed by atoms with Gasteiger partial charge in [-0.25, -0.2) is 17.6 Å². The summed E-state index contributed by atoms with van der Waals surface area (Å²) in [6.07, 6.45) is 6.24. The van der Waals surface area contributed by atoms with Crippen LogP contribution in [0.5, 0.6) is 0 Å². The molecule has 0 radical (unpaired) electrons. The van der Waals surface area contributed by atoms with Crippen LogP contribution < -0.4 is 20.9 Å². The number of nitriles is 1. The van der Waals surface area contributed by atoms with Crippen molar-refractivity contribution in [2.75, 3.05) is 28.6 Å². The van der Waals surface area contributed by atoms with Crippen LogP contribution >= 0.6 is 15.9 Å². The lowest BCUT2D eigenvalue weighted by Crippen LogP contribution is -2.25. The Morgan fingerprint density at radius 2 is 1.17 bits per heavy atom. The van der Waals surface area contributed by atoms with Crippen molar-refractivity contribution in [2.45, 2.75) is 95.2 Å². The van der Waals surface area contributed by atoms with Gasteiger partial charge in [-0.1, -0.05) is 71.7 Å². The predicted octanol–water partition coefficient (Wildman–Crippen LogP) is 11.6. The van der Waals surface area contributed by atoms with Gasteiger partial charge in [0.2, 0.25) is 11.8 Å². The van der Waals surface area contributed by atoms with E-state index in [4.69, 9.17) is 11.7 Å². The molecule has 0 fully saturated rings. The van der Waals surface area contributed by atoms with Crippen molar-refractivity contribution in [3.63, 3.8) is 0 Å². The first-order chi connectivity index (χ1) is 27.5. The van der Waals surface area contributed by atoms with Crippen molar-refractivity contribution in [2.24, 2.45) is 10.8 Å². The normalized spacial score (nSPS) is 10.9. The molecule has 3 N–H and O–H groups in total. The average molecular weight is 879 g/mol. The Morgan fingerprint density at radius 1 is 0.729 bits per heavy atom. The van der Waals surface area contributed by atoms with Crippen LogP contribution in [0.4, 0.5) is 34.6 Å². The number of carbonyl (C=O) groups excluding carboxylic acids is 2. The number of benzene rings is 4. The molecule has 0 aliphatic rings. The molecule has 0 atom stereocenters. The number of carbonyl (C=O) groups is 2. The molecule has 0 unspecified atom stereocenters. The molecule has 4 aromatic carbocycles. The molecule has 4 rings (SSSR count). The first-order valence-electron chi connectivity index (χ1n) is 19.1. The third kappa shape index (κ3) is 17.3. The third-order valence-electron chi connectivity index (χ3n) is 8.59. The van der Waals surface area contributed by atoms with E-state index in [2.05, 4.69) is 37.8 Å². The van der Waals surface area contributed by atoms with Crippen molar-refractivity contribution in [3.8, 4) is 18.4 Å². The highest BCUT2D eigenvalue weighted by Crippen LogP contribution is 2.33. The molecule has 2 amide bonds. The van der Waals surface area contributed by atoms with Crippen LogP contribution in [0.2, 0.25) is 0 Å². The summed E-state index contributed by atoms with van der Waals surface area (Å²) in [5.41, 5.74) is 5.40. The topological polar surface area (TPSA) is 97.3 Å². The number of amides is 2. The molecule has 12 heteroatoms. The lowest BCUT2D eigenvalue weighted by molar-refractivity contribution is -0.118. The number of aryl methyl sites for hydroxylation is 2. The summed E-state index contributed by atoms with van der Waals surface area (Å²) in [6.45, 7) is 20.4. The zero-order chi connectivity index (χ0) is 44.7. The maximum Gasteiger partial charge on any atom is 0.224 e. The molecule has 7 nitrogen and oxygen atoms in total. The number of nitrogens with one attached hydrogen (secondary N) is 3. The molecule has 0 aromatic heterocycles. The van der Waals surface area contributed by atoms with Gasteiger partial charge in [0, 0.05) is 48.4 Å². The van der Waals surface area contributed by atoms with Gasteiger partial charge in [-0.05, 0) is 113 Å². The summed E-state index contributed by atoms with van der Waals surface area (Å²) in [6, 6.07) is 17.6.